The maximum absolute atomic E-state index is 11.7. The van der Waals surface area contributed by atoms with Crippen molar-refractivity contribution in [1.82, 2.24) is 25.2 Å². The van der Waals surface area contributed by atoms with E-state index in [0.29, 0.717) is 0 Å². The Morgan fingerprint density at radius 2 is 2.22 bits per heavy atom. The van der Waals surface area contributed by atoms with E-state index in [2.05, 4.69) is 25.8 Å². The molecule has 0 saturated heterocycles. The normalized spacial score (nSPS) is 10.0. The van der Waals surface area contributed by atoms with Crippen molar-refractivity contribution in [2.45, 2.75) is 6.54 Å². The number of rotatable bonds is 4. The standard InChI is InChI=1S/C9H8N6O3/c16-8(17)5-15-4-6(12-14-15)9(18)11-7-2-1-3-10-13-7/h1-4H,5H2,(H,16,17)(H,11,13,18). The number of carbonyl (C=O) groups is 2. The summed E-state index contributed by atoms with van der Waals surface area (Å²) in [7, 11) is 0. The second-order valence-electron chi connectivity index (χ2n) is 3.26. The third kappa shape index (κ3) is 2.84. The molecule has 0 atom stereocenters. The van der Waals surface area contributed by atoms with Crippen LogP contribution in [0.25, 0.3) is 0 Å². The maximum atomic E-state index is 11.7. The number of aliphatic carboxylic acids is 1. The first kappa shape index (κ1) is 11.6. The van der Waals surface area contributed by atoms with E-state index in [0.717, 1.165) is 4.68 Å². The first-order valence-corrected chi connectivity index (χ1v) is 4.86. The predicted molar refractivity (Wildman–Crippen MR) is 57.6 cm³/mol. The minimum Gasteiger partial charge on any atom is -0.480 e. The van der Waals surface area contributed by atoms with Crippen LogP contribution < -0.4 is 5.32 Å². The molecule has 9 heteroatoms. The summed E-state index contributed by atoms with van der Waals surface area (Å²) in [5, 5.41) is 25.3. The lowest BCUT2D eigenvalue weighted by atomic mass is 10.4. The van der Waals surface area contributed by atoms with Gasteiger partial charge < -0.3 is 10.4 Å². The summed E-state index contributed by atoms with van der Waals surface area (Å²) in [6, 6.07) is 3.18. The Bertz CT molecular complexity index is 567. The zero-order chi connectivity index (χ0) is 13.0. The molecule has 0 saturated carbocycles. The number of anilines is 1. The number of carboxylic acid groups (broad SMARTS) is 1. The van der Waals surface area contributed by atoms with Crippen LogP contribution >= 0.6 is 0 Å². The molecule has 18 heavy (non-hydrogen) atoms. The zero-order valence-corrected chi connectivity index (χ0v) is 9.02. The quantitative estimate of drug-likeness (QED) is 0.740. The Morgan fingerprint density at radius 1 is 1.39 bits per heavy atom. The number of nitrogens with one attached hydrogen (secondary N) is 1. The second-order valence-corrected chi connectivity index (χ2v) is 3.26. The van der Waals surface area contributed by atoms with Gasteiger partial charge in [-0.3, -0.25) is 9.59 Å². The highest BCUT2D eigenvalue weighted by atomic mass is 16.4. The number of hydrogen-bond donors (Lipinski definition) is 2. The number of amides is 1. The third-order valence-corrected chi connectivity index (χ3v) is 1.88. The van der Waals surface area contributed by atoms with Gasteiger partial charge in [0, 0.05) is 6.20 Å². The third-order valence-electron chi connectivity index (χ3n) is 1.88. The van der Waals surface area contributed by atoms with Crippen molar-refractivity contribution in [3.63, 3.8) is 0 Å². The van der Waals surface area contributed by atoms with Crippen molar-refractivity contribution in [2.24, 2.45) is 0 Å². The van der Waals surface area contributed by atoms with Crippen LogP contribution in [0.3, 0.4) is 0 Å². The van der Waals surface area contributed by atoms with Crippen LogP contribution in [-0.4, -0.2) is 42.2 Å². The highest BCUT2D eigenvalue weighted by Crippen LogP contribution is 2.01. The molecule has 0 spiro atoms. The molecule has 0 aliphatic rings. The molecule has 0 bridgehead atoms. The summed E-state index contributed by atoms with van der Waals surface area (Å²) in [5.74, 6) is -1.33. The van der Waals surface area contributed by atoms with Crippen LogP contribution in [0.15, 0.2) is 24.5 Å². The molecule has 2 aromatic rings. The zero-order valence-electron chi connectivity index (χ0n) is 9.02. The largest absolute Gasteiger partial charge is 0.480 e. The van der Waals surface area contributed by atoms with E-state index in [4.69, 9.17) is 5.11 Å². The summed E-state index contributed by atoms with van der Waals surface area (Å²) in [6.07, 6.45) is 2.71. The van der Waals surface area contributed by atoms with Gasteiger partial charge in [0.1, 0.15) is 6.54 Å². The van der Waals surface area contributed by atoms with Crippen LogP contribution in [0.2, 0.25) is 0 Å². The van der Waals surface area contributed by atoms with Crippen molar-refractivity contribution in [2.75, 3.05) is 5.32 Å². The van der Waals surface area contributed by atoms with Crippen molar-refractivity contribution in [3.05, 3.63) is 30.2 Å². The van der Waals surface area contributed by atoms with E-state index in [1.807, 2.05) is 0 Å². The molecule has 2 N–H and O–H groups in total. The van der Waals surface area contributed by atoms with E-state index < -0.39 is 11.9 Å². The lowest BCUT2D eigenvalue weighted by Gasteiger charge is -1.98. The smallest absolute Gasteiger partial charge is 0.325 e. The van der Waals surface area contributed by atoms with E-state index in [1.54, 1.807) is 12.1 Å². The molecular weight excluding hydrogens is 240 g/mol. The Labute approximate surface area is 100 Å². The van der Waals surface area contributed by atoms with E-state index in [9.17, 15) is 9.59 Å². The molecule has 92 valence electrons. The van der Waals surface area contributed by atoms with Crippen molar-refractivity contribution < 1.29 is 14.7 Å². The van der Waals surface area contributed by atoms with Crippen molar-refractivity contribution in [1.29, 1.82) is 0 Å². The predicted octanol–water partition coefficient (Wildman–Crippen LogP) is -0.595. The monoisotopic (exact) mass is 248 g/mol. The summed E-state index contributed by atoms with van der Waals surface area (Å²) >= 11 is 0. The van der Waals surface area contributed by atoms with Crippen molar-refractivity contribution >= 4 is 17.7 Å². The second kappa shape index (κ2) is 4.99. The minimum atomic E-state index is -1.07. The fraction of sp³-hybridized carbons (Fsp3) is 0.111. The van der Waals surface area contributed by atoms with Gasteiger partial charge in [0.05, 0.1) is 6.20 Å². The van der Waals surface area contributed by atoms with Crippen LogP contribution in [0.5, 0.6) is 0 Å². The highest BCUT2D eigenvalue weighted by Gasteiger charge is 2.12. The number of hydrogen-bond acceptors (Lipinski definition) is 6. The summed E-state index contributed by atoms with van der Waals surface area (Å²) in [6.45, 7) is -0.356. The molecule has 0 fully saturated rings. The van der Waals surface area contributed by atoms with Gasteiger partial charge in [-0.15, -0.1) is 10.2 Å². The lowest BCUT2D eigenvalue weighted by Crippen LogP contribution is -2.13. The summed E-state index contributed by atoms with van der Waals surface area (Å²) < 4.78 is 1.05. The van der Waals surface area contributed by atoms with Gasteiger partial charge in [0.25, 0.3) is 5.91 Å². The minimum absolute atomic E-state index is 0.00176. The number of aromatic nitrogens is 5. The number of nitrogens with zero attached hydrogens (tertiary/aromatic N) is 5. The molecule has 9 nitrogen and oxygen atoms in total. The first-order chi connectivity index (χ1) is 8.65. The van der Waals surface area contributed by atoms with Crippen LogP contribution in [0, 0.1) is 0 Å². The Morgan fingerprint density at radius 3 is 2.89 bits per heavy atom. The number of carbonyl (C=O) groups excluding carboxylic acids is 1. The van der Waals surface area contributed by atoms with Crippen LogP contribution in [0.4, 0.5) is 5.82 Å². The molecule has 0 unspecified atom stereocenters. The number of carboxylic acids is 1. The lowest BCUT2D eigenvalue weighted by molar-refractivity contribution is -0.137. The molecular formula is C9H8N6O3. The molecule has 2 rings (SSSR count). The van der Waals surface area contributed by atoms with Crippen molar-refractivity contribution in [3.8, 4) is 0 Å². The van der Waals surface area contributed by atoms with Gasteiger partial charge in [-0.05, 0) is 12.1 Å². The van der Waals surface area contributed by atoms with Crippen LogP contribution in [-0.2, 0) is 11.3 Å². The fourth-order valence-corrected chi connectivity index (χ4v) is 1.17. The Kier molecular flexibility index (Phi) is 3.23. The summed E-state index contributed by atoms with van der Waals surface area (Å²) in [4.78, 5) is 22.1. The van der Waals surface area contributed by atoms with E-state index in [1.165, 1.54) is 12.4 Å². The molecule has 0 aromatic carbocycles. The van der Waals surface area contributed by atoms with E-state index in [-0.39, 0.29) is 18.1 Å². The molecule has 1 amide bonds. The van der Waals surface area contributed by atoms with E-state index >= 15 is 0 Å². The van der Waals surface area contributed by atoms with Gasteiger partial charge in [-0.1, -0.05) is 5.21 Å². The average Bonchev–Trinajstić information content (AvgIpc) is 2.78. The fourth-order valence-electron chi connectivity index (χ4n) is 1.17. The molecule has 2 aromatic heterocycles. The molecule has 2 heterocycles. The molecule has 0 aliphatic carbocycles. The van der Waals surface area contributed by atoms with Gasteiger partial charge in [-0.25, -0.2) is 4.68 Å². The SMILES string of the molecule is O=C(O)Cn1cc(C(=O)Nc2cccnn2)nn1. The Hall–Kier alpha value is -2.84. The highest BCUT2D eigenvalue weighted by molar-refractivity contribution is 6.01. The Balaban J connectivity index is 2.05. The van der Waals surface area contributed by atoms with Gasteiger partial charge >= 0.3 is 5.97 Å². The van der Waals surface area contributed by atoms with Gasteiger partial charge in [0.2, 0.25) is 0 Å². The van der Waals surface area contributed by atoms with Gasteiger partial charge in [0.15, 0.2) is 11.5 Å². The molecule has 0 aliphatic heterocycles. The summed E-state index contributed by atoms with van der Waals surface area (Å²) in [5.41, 5.74) is 0.00176. The first-order valence-electron chi connectivity index (χ1n) is 4.86. The van der Waals surface area contributed by atoms with Crippen LogP contribution in [0.1, 0.15) is 10.5 Å². The maximum Gasteiger partial charge on any atom is 0.325 e. The average molecular weight is 248 g/mol. The van der Waals surface area contributed by atoms with Gasteiger partial charge in [-0.2, -0.15) is 5.10 Å². The topological polar surface area (TPSA) is 123 Å². The molecule has 0 radical (unpaired) electrons.